The predicted octanol–water partition coefficient (Wildman–Crippen LogP) is 2.31. The smallest absolute Gasteiger partial charge is 0.270 e. The van der Waals surface area contributed by atoms with Crippen molar-refractivity contribution >= 4 is 32.8 Å². The molecule has 0 spiro atoms. The van der Waals surface area contributed by atoms with Crippen LogP contribution in [0.2, 0.25) is 0 Å². The monoisotopic (exact) mass is 542 g/mol. The minimum Gasteiger partial charge on any atom is -0.490 e. The maximum atomic E-state index is 13.4. The number of hydrogen-bond donors (Lipinski definition) is 3. The van der Waals surface area contributed by atoms with E-state index >= 15 is 0 Å². The third kappa shape index (κ3) is 6.20. The maximum absolute atomic E-state index is 13.4. The van der Waals surface area contributed by atoms with Crippen molar-refractivity contribution in [3.05, 3.63) is 60.3 Å². The summed E-state index contributed by atoms with van der Waals surface area (Å²) in [4.78, 5) is 25.8. The molecule has 3 aromatic heterocycles. The Bertz CT molecular complexity index is 1460. The van der Waals surface area contributed by atoms with Crippen LogP contribution in [0.4, 0.5) is 0 Å². The van der Waals surface area contributed by atoms with Gasteiger partial charge in [0.05, 0.1) is 40.7 Å². The maximum Gasteiger partial charge on any atom is 0.270 e. The molecular formula is C26H34N6O5S. The summed E-state index contributed by atoms with van der Waals surface area (Å²) >= 11 is 0. The third-order valence-corrected chi connectivity index (χ3v) is 8.15. The van der Waals surface area contributed by atoms with Crippen LogP contribution in [0.5, 0.6) is 5.75 Å². The highest BCUT2D eigenvalue weighted by molar-refractivity contribution is 7.92. The van der Waals surface area contributed by atoms with E-state index in [9.17, 15) is 18.3 Å². The number of aliphatic hydroxyl groups excluding tert-OH is 1. The molecule has 3 heterocycles. The van der Waals surface area contributed by atoms with Gasteiger partial charge >= 0.3 is 0 Å². The molecule has 3 rings (SSSR count). The first-order valence-electron chi connectivity index (χ1n) is 12.1. The number of nitrogens with one attached hydrogen (secondary N) is 1. The molecule has 3 aromatic rings. The van der Waals surface area contributed by atoms with Crippen LogP contribution in [0.25, 0.3) is 11.3 Å². The fraction of sp³-hybridized carbons (Fsp3) is 0.385. The number of carbonyl (C=O) groups excluding carboxylic acids is 1. The number of ether oxygens (including phenoxy) is 1. The third-order valence-electron chi connectivity index (χ3n) is 5.65. The van der Waals surface area contributed by atoms with Crippen molar-refractivity contribution in [1.82, 2.24) is 19.7 Å². The first-order valence-corrected chi connectivity index (χ1v) is 13.6. The van der Waals surface area contributed by atoms with Crippen molar-refractivity contribution in [3.8, 4) is 5.75 Å². The van der Waals surface area contributed by atoms with Gasteiger partial charge in [0.25, 0.3) is 5.91 Å². The fourth-order valence-electron chi connectivity index (χ4n) is 3.55. The molecule has 0 saturated carbocycles. The second-order valence-electron chi connectivity index (χ2n) is 9.47. The van der Waals surface area contributed by atoms with Crippen molar-refractivity contribution in [2.75, 3.05) is 19.8 Å². The first-order chi connectivity index (χ1) is 17.9. The van der Waals surface area contributed by atoms with Crippen molar-refractivity contribution in [3.63, 3.8) is 0 Å². The number of rotatable bonds is 10. The first kappa shape index (κ1) is 28.8. The standard InChI is InChI=1S/C26H34N6O5S/c1-6-28-20(25(34)31-17(2)19-9-7-8-10-29-19)13-18(27)21-15-30-24-14-22(37-12-11-33)23(16-32(21)24)38(35,36)26(3,4)5/h7-10,13-17,33H,6,11-12,27H2,1-5H3,(H,31,34)/b18-13-,28-20?/t17-/m1/s1. The van der Waals surface area contributed by atoms with Crippen LogP contribution in [-0.2, 0) is 14.6 Å². The predicted molar refractivity (Wildman–Crippen MR) is 146 cm³/mol. The number of hydrogen-bond acceptors (Lipinski definition) is 9. The quantitative estimate of drug-likeness (QED) is 0.329. The molecule has 12 heteroatoms. The van der Waals surface area contributed by atoms with Crippen LogP contribution >= 0.6 is 0 Å². The molecule has 0 fully saturated rings. The number of aromatic nitrogens is 3. The van der Waals surface area contributed by atoms with Crippen molar-refractivity contribution < 1.29 is 23.1 Å². The number of aliphatic imine (C=N–C) groups is 1. The summed E-state index contributed by atoms with van der Waals surface area (Å²) in [5.41, 5.74) is 8.10. The van der Waals surface area contributed by atoms with Gasteiger partial charge in [0.2, 0.25) is 0 Å². The van der Waals surface area contributed by atoms with E-state index in [-0.39, 0.29) is 41.3 Å². The molecule has 0 aliphatic rings. The van der Waals surface area contributed by atoms with Crippen molar-refractivity contribution in [2.45, 2.75) is 50.3 Å². The van der Waals surface area contributed by atoms with Crippen molar-refractivity contribution in [2.24, 2.45) is 10.7 Å². The Kier molecular flexibility index (Phi) is 8.89. The topological polar surface area (TPSA) is 161 Å². The number of carbonyl (C=O) groups is 1. The lowest BCUT2D eigenvalue weighted by Gasteiger charge is -2.21. The average molecular weight is 543 g/mol. The van der Waals surface area contributed by atoms with Gasteiger partial charge in [-0.05, 0) is 52.8 Å². The number of nitrogens with zero attached hydrogens (tertiary/aromatic N) is 4. The van der Waals surface area contributed by atoms with Gasteiger partial charge in [0.15, 0.2) is 9.84 Å². The molecule has 38 heavy (non-hydrogen) atoms. The summed E-state index contributed by atoms with van der Waals surface area (Å²) in [6.07, 6.45) is 5.95. The van der Waals surface area contributed by atoms with Gasteiger partial charge in [-0.15, -0.1) is 0 Å². The molecule has 0 aliphatic carbocycles. The van der Waals surface area contributed by atoms with Crippen molar-refractivity contribution in [1.29, 1.82) is 0 Å². The van der Waals surface area contributed by atoms with Gasteiger partial charge in [-0.3, -0.25) is 19.2 Å². The summed E-state index contributed by atoms with van der Waals surface area (Å²) < 4.78 is 32.7. The molecule has 204 valence electrons. The molecular weight excluding hydrogens is 508 g/mol. The van der Waals surface area contributed by atoms with Gasteiger partial charge < -0.3 is 20.9 Å². The highest BCUT2D eigenvalue weighted by atomic mass is 32.2. The van der Waals surface area contributed by atoms with Gasteiger partial charge in [-0.2, -0.15) is 0 Å². The minimum absolute atomic E-state index is 0.0672. The van der Waals surface area contributed by atoms with E-state index < -0.39 is 20.5 Å². The second-order valence-corrected chi connectivity index (χ2v) is 12.1. The van der Waals surface area contributed by atoms with Crippen LogP contribution in [0.15, 0.2) is 58.8 Å². The molecule has 0 bridgehead atoms. The van der Waals surface area contributed by atoms with E-state index in [1.54, 1.807) is 40.0 Å². The number of imidazole rings is 1. The highest BCUT2D eigenvalue weighted by Crippen LogP contribution is 2.33. The van der Waals surface area contributed by atoms with E-state index in [0.29, 0.717) is 23.6 Å². The number of aliphatic hydroxyl groups is 1. The molecule has 11 nitrogen and oxygen atoms in total. The van der Waals surface area contributed by atoms with Gasteiger partial charge in [-0.1, -0.05) is 6.07 Å². The lowest BCUT2D eigenvalue weighted by atomic mass is 10.2. The molecule has 0 radical (unpaired) electrons. The van der Waals surface area contributed by atoms with Crippen LogP contribution in [-0.4, -0.2) is 64.0 Å². The van der Waals surface area contributed by atoms with E-state index in [1.165, 1.54) is 28.9 Å². The summed E-state index contributed by atoms with van der Waals surface area (Å²) in [5.74, 6) is -0.352. The highest BCUT2D eigenvalue weighted by Gasteiger charge is 2.34. The molecule has 1 atom stereocenters. The minimum atomic E-state index is -3.84. The molecule has 0 saturated heterocycles. The number of fused-ring (bicyclic) bond motifs is 1. The molecule has 0 unspecified atom stereocenters. The number of sulfone groups is 1. The number of nitrogens with two attached hydrogens (primary N) is 1. The largest absolute Gasteiger partial charge is 0.490 e. The van der Waals surface area contributed by atoms with Crippen LogP contribution in [0.1, 0.15) is 52.0 Å². The number of pyridine rings is 2. The Morgan fingerprint density at radius 1 is 1.32 bits per heavy atom. The van der Waals surface area contributed by atoms with E-state index in [1.807, 2.05) is 19.1 Å². The van der Waals surface area contributed by atoms with Crippen LogP contribution in [0, 0.1) is 0 Å². The number of amides is 1. The Balaban J connectivity index is 2.03. The van der Waals surface area contributed by atoms with Gasteiger partial charge in [0.1, 0.15) is 28.6 Å². The van der Waals surface area contributed by atoms with E-state index in [4.69, 9.17) is 10.5 Å². The Morgan fingerprint density at radius 3 is 2.66 bits per heavy atom. The summed E-state index contributed by atoms with van der Waals surface area (Å²) in [5, 5.41) is 12.1. The van der Waals surface area contributed by atoms with E-state index in [2.05, 4.69) is 20.3 Å². The van der Waals surface area contributed by atoms with Crippen LogP contribution < -0.4 is 15.8 Å². The normalized spacial score (nSPS) is 13.9. The lowest BCUT2D eigenvalue weighted by Crippen LogP contribution is -2.33. The molecule has 0 aliphatic heterocycles. The van der Waals surface area contributed by atoms with E-state index in [0.717, 1.165) is 0 Å². The van der Waals surface area contributed by atoms with Gasteiger partial charge in [-0.25, -0.2) is 13.4 Å². The molecule has 0 aromatic carbocycles. The second kappa shape index (κ2) is 11.7. The van der Waals surface area contributed by atoms with Gasteiger partial charge in [0, 0.05) is 25.0 Å². The molecule has 4 N–H and O–H groups in total. The summed E-state index contributed by atoms with van der Waals surface area (Å²) in [6.45, 7) is 8.35. The zero-order valence-electron chi connectivity index (χ0n) is 22.2. The Labute approximate surface area is 222 Å². The SMILES string of the molecule is CCN=C(/C=C(\N)c1cnc2cc(OCCO)c(S(=O)(=O)C(C)(C)C)cn12)C(=O)N[C@H](C)c1ccccn1. The summed E-state index contributed by atoms with van der Waals surface area (Å²) in [6, 6.07) is 6.56. The fourth-order valence-corrected chi connectivity index (χ4v) is 4.84. The zero-order chi connectivity index (χ0) is 28.1. The zero-order valence-corrected chi connectivity index (χ0v) is 23.0. The average Bonchev–Trinajstić information content (AvgIpc) is 3.29. The lowest BCUT2D eigenvalue weighted by molar-refractivity contribution is -0.115. The van der Waals surface area contributed by atoms with Crippen LogP contribution in [0.3, 0.4) is 0 Å². The Morgan fingerprint density at radius 2 is 2.05 bits per heavy atom. The molecule has 1 amide bonds. The Hall–Kier alpha value is -3.77. The summed E-state index contributed by atoms with van der Waals surface area (Å²) in [7, 11) is -3.84.